The number of likely N-dealkylation sites (tertiary alicyclic amines) is 1. The fourth-order valence-electron chi connectivity index (χ4n) is 3.97. The number of nitrogens with zero attached hydrogens (tertiary/aromatic N) is 3. The molecule has 162 valence electrons. The molecule has 1 aliphatic heterocycles. The van der Waals surface area contributed by atoms with E-state index in [1.165, 1.54) is 24.0 Å². The number of hydrogen-bond acceptors (Lipinski definition) is 4. The van der Waals surface area contributed by atoms with Gasteiger partial charge in [-0.3, -0.25) is 9.80 Å². The maximum Gasteiger partial charge on any atom is 0.416 e. The van der Waals surface area contributed by atoms with Crippen LogP contribution in [0, 0.1) is 0 Å². The van der Waals surface area contributed by atoms with Crippen LogP contribution >= 0.6 is 0 Å². The first kappa shape index (κ1) is 22.3. The molecule has 0 N–H and O–H groups in total. The summed E-state index contributed by atoms with van der Waals surface area (Å²) in [6.07, 6.45) is 6.05. The average Bonchev–Trinajstić information content (AvgIpc) is 2.72. The highest BCUT2D eigenvalue weighted by molar-refractivity contribution is 5.86. The van der Waals surface area contributed by atoms with E-state index in [0.29, 0.717) is 18.4 Å². The van der Waals surface area contributed by atoms with Gasteiger partial charge in [-0.1, -0.05) is 49.7 Å². The lowest BCUT2D eigenvalue weighted by atomic mass is 9.95. The molecule has 30 heavy (non-hydrogen) atoms. The summed E-state index contributed by atoms with van der Waals surface area (Å²) in [5, 5.41) is 0. The van der Waals surface area contributed by atoms with E-state index in [1.807, 2.05) is 33.0 Å². The highest BCUT2D eigenvalue weighted by Gasteiger charge is 2.26. The molecule has 1 aliphatic rings. The molecule has 1 fully saturated rings. The zero-order valence-corrected chi connectivity index (χ0v) is 18.8. The first-order valence-electron chi connectivity index (χ1n) is 11.1. The van der Waals surface area contributed by atoms with E-state index in [2.05, 4.69) is 53.2 Å². The van der Waals surface area contributed by atoms with Gasteiger partial charge in [0.15, 0.2) is 0 Å². The molecule has 2 aromatic rings. The Morgan fingerprint density at radius 3 is 2.57 bits per heavy atom. The van der Waals surface area contributed by atoms with E-state index >= 15 is 0 Å². The van der Waals surface area contributed by atoms with Crippen LogP contribution < -0.4 is 4.90 Å². The molecule has 2 heterocycles. The molecule has 0 saturated carbocycles. The number of carbonyl (C=O) groups is 1. The van der Waals surface area contributed by atoms with Crippen LogP contribution in [0.15, 0.2) is 48.7 Å². The second-order valence-electron chi connectivity index (χ2n) is 9.05. The summed E-state index contributed by atoms with van der Waals surface area (Å²) in [6, 6.07) is 15.1. The molecular weight excluding hydrogens is 374 g/mol. The third-order valence-electron chi connectivity index (χ3n) is 5.34. The SMILES string of the molecule is CCCN(C(=O)OC(C)(C)C)c1ccc([C@H]2CCCCN2Cc2ccccc2)cn1. The van der Waals surface area contributed by atoms with Gasteiger partial charge >= 0.3 is 6.09 Å². The Bertz CT molecular complexity index is 799. The fraction of sp³-hybridized carbons (Fsp3) is 0.520. The first-order valence-corrected chi connectivity index (χ1v) is 11.1. The number of benzene rings is 1. The van der Waals surface area contributed by atoms with Crippen molar-refractivity contribution >= 4 is 11.9 Å². The predicted octanol–water partition coefficient (Wildman–Crippen LogP) is 5.96. The van der Waals surface area contributed by atoms with E-state index in [9.17, 15) is 4.79 Å². The summed E-state index contributed by atoms with van der Waals surface area (Å²) in [4.78, 5) is 21.5. The van der Waals surface area contributed by atoms with E-state index in [-0.39, 0.29) is 6.09 Å². The van der Waals surface area contributed by atoms with Crippen LogP contribution in [0.25, 0.3) is 0 Å². The molecule has 1 saturated heterocycles. The number of ether oxygens (including phenoxy) is 1. The minimum atomic E-state index is -0.525. The van der Waals surface area contributed by atoms with Gasteiger partial charge in [0.2, 0.25) is 0 Å². The monoisotopic (exact) mass is 409 g/mol. The maximum atomic E-state index is 12.6. The van der Waals surface area contributed by atoms with Crippen LogP contribution in [0.2, 0.25) is 0 Å². The lowest BCUT2D eigenvalue weighted by molar-refractivity contribution is 0.0579. The average molecular weight is 410 g/mol. The molecule has 5 nitrogen and oxygen atoms in total. The van der Waals surface area contributed by atoms with Crippen LogP contribution in [0.5, 0.6) is 0 Å². The molecule has 0 bridgehead atoms. The summed E-state index contributed by atoms with van der Waals surface area (Å²) < 4.78 is 5.58. The van der Waals surface area contributed by atoms with Crippen LogP contribution in [0.3, 0.4) is 0 Å². The predicted molar refractivity (Wildman–Crippen MR) is 122 cm³/mol. The van der Waals surface area contributed by atoms with E-state index in [1.54, 1.807) is 4.90 Å². The van der Waals surface area contributed by atoms with Gasteiger partial charge in [0.1, 0.15) is 11.4 Å². The molecule has 3 rings (SSSR count). The molecule has 1 amide bonds. The number of rotatable bonds is 6. The van der Waals surface area contributed by atoms with Gasteiger partial charge in [-0.15, -0.1) is 0 Å². The number of aromatic nitrogens is 1. The van der Waals surface area contributed by atoms with E-state index < -0.39 is 5.60 Å². The Balaban J connectivity index is 1.75. The lowest BCUT2D eigenvalue weighted by Crippen LogP contribution is -2.38. The van der Waals surface area contributed by atoms with Crippen molar-refractivity contribution in [3.63, 3.8) is 0 Å². The molecule has 5 heteroatoms. The van der Waals surface area contributed by atoms with Gasteiger partial charge in [-0.2, -0.15) is 0 Å². The summed E-state index contributed by atoms with van der Waals surface area (Å²) in [7, 11) is 0. The number of amides is 1. The van der Waals surface area contributed by atoms with Crippen molar-refractivity contribution in [3.8, 4) is 0 Å². The first-order chi connectivity index (χ1) is 14.4. The largest absolute Gasteiger partial charge is 0.443 e. The second-order valence-corrected chi connectivity index (χ2v) is 9.05. The minimum Gasteiger partial charge on any atom is -0.443 e. The summed E-state index contributed by atoms with van der Waals surface area (Å²) >= 11 is 0. The van der Waals surface area contributed by atoms with Crippen LogP contribution in [0.4, 0.5) is 10.6 Å². The van der Waals surface area contributed by atoms with Gasteiger partial charge < -0.3 is 4.74 Å². The van der Waals surface area contributed by atoms with Crippen molar-refractivity contribution in [1.29, 1.82) is 0 Å². The van der Waals surface area contributed by atoms with Crippen molar-refractivity contribution in [3.05, 3.63) is 59.8 Å². The minimum absolute atomic E-state index is 0.340. The van der Waals surface area contributed by atoms with E-state index in [0.717, 1.165) is 25.9 Å². The molecular formula is C25H35N3O2. The van der Waals surface area contributed by atoms with Gasteiger partial charge in [-0.25, -0.2) is 9.78 Å². The molecule has 0 radical (unpaired) electrons. The highest BCUT2D eigenvalue weighted by Crippen LogP contribution is 2.32. The van der Waals surface area contributed by atoms with Crippen molar-refractivity contribution in [2.24, 2.45) is 0 Å². The molecule has 0 unspecified atom stereocenters. The zero-order chi connectivity index (χ0) is 21.6. The lowest BCUT2D eigenvalue weighted by Gasteiger charge is -2.36. The summed E-state index contributed by atoms with van der Waals surface area (Å²) in [6.45, 7) is 10.3. The quantitative estimate of drug-likeness (QED) is 0.590. The fourth-order valence-corrected chi connectivity index (χ4v) is 3.97. The normalized spacial score (nSPS) is 17.5. The van der Waals surface area contributed by atoms with Crippen molar-refractivity contribution in [2.45, 2.75) is 71.6 Å². The van der Waals surface area contributed by atoms with Crippen LogP contribution in [-0.4, -0.2) is 34.7 Å². The number of carbonyl (C=O) groups excluding carboxylic acids is 1. The van der Waals surface area contributed by atoms with Crippen molar-refractivity contribution in [2.75, 3.05) is 18.0 Å². The Labute approximate surface area is 181 Å². The molecule has 0 aliphatic carbocycles. The third kappa shape index (κ3) is 6.05. The molecule has 1 aromatic carbocycles. The number of anilines is 1. The maximum absolute atomic E-state index is 12.6. The number of hydrogen-bond donors (Lipinski definition) is 0. The summed E-state index contributed by atoms with van der Waals surface area (Å²) in [5.74, 6) is 0.653. The molecule has 1 atom stereocenters. The van der Waals surface area contributed by atoms with Gasteiger partial charge in [0, 0.05) is 25.3 Å². The molecule has 1 aromatic heterocycles. The Kier molecular flexibility index (Phi) is 7.48. The Hall–Kier alpha value is -2.40. The topological polar surface area (TPSA) is 45.7 Å². The van der Waals surface area contributed by atoms with Crippen molar-refractivity contribution in [1.82, 2.24) is 9.88 Å². The number of piperidine rings is 1. The smallest absolute Gasteiger partial charge is 0.416 e. The van der Waals surface area contributed by atoms with Gasteiger partial charge in [0.25, 0.3) is 0 Å². The number of pyridine rings is 1. The third-order valence-corrected chi connectivity index (χ3v) is 5.34. The summed E-state index contributed by atoms with van der Waals surface area (Å²) in [5.41, 5.74) is 2.03. The van der Waals surface area contributed by atoms with Gasteiger partial charge in [0.05, 0.1) is 0 Å². The standard InChI is InChI=1S/C25H35N3O2/c1-5-16-28(24(29)30-25(2,3)4)23-15-14-21(18-26-23)22-13-9-10-17-27(22)19-20-11-7-6-8-12-20/h6-8,11-12,14-15,18,22H,5,9-10,13,16-17,19H2,1-4H3/t22-/m1/s1. The van der Waals surface area contributed by atoms with Gasteiger partial charge in [-0.05, 0) is 63.8 Å². The highest BCUT2D eigenvalue weighted by atomic mass is 16.6. The Morgan fingerprint density at radius 1 is 1.17 bits per heavy atom. The van der Waals surface area contributed by atoms with E-state index in [4.69, 9.17) is 4.74 Å². The van der Waals surface area contributed by atoms with Crippen LogP contribution in [-0.2, 0) is 11.3 Å². The zero-order valence-electron chi connectivity index (χ0n) is 18.8. The van der Waals surface area contributed by atoms with Crippen LogP contribution in [0.1, 0.15) is 70.5 Å². The Morgan fingerprint density at radius 2 is 1.93 bits per heavy atom. The second kappa shape index (κ2) is 10.1. The van der Waals surface area contributed by atoms with Crippen molar-refractivity contribution < 1.29 is 9.53 Å². The molecule has 0 spiro atoms.